The van der Waals surface area contributed by atoms with E-state index < -0.39 is 0 Å². The molecule has 1 saturated carbocycles. The number of halogens is 1. The predicted molar refractivity (Wildman–Crippen MR) is 102 cm³/mol. The molecule has 0 N–H and O–H groups in total. The van der Waals surface area contributed by atoms with E-state index in [2.05, 4.69) is 5.10 Å². The predicted octanol–water partition coefficient (Wildman–Crippen LogP) is 4.48. The lowest BCUT2D eigenvalue weighted by Gasteiger charge is -2.25. The van der Waals surface area contributed by atoms with Crippen molar-refractivity contribution in [2.24, 2.45) is 0 Å². The highest BCUT2D eigenvalue weighted by Gasteiger charge is 2.48. The third kappa shape index (κ3) is 2.41. The molecule has 2 aromatic carbocycles. The summed E-state index contributed by atoms with van der Waals surface area (Å²) in [6.45, 7) is 0.551. The Balaban J connectivity index is 1.61. The third-order valence-corrected chi connectivity index (χ3v) is 5.97. The van der Waals surface area contributed by atoms with Crippen molar-refractivity contribution in [3.63, 3.8) is 0 Å². The zero-order valence-corrected chi connectivity index (χ0v) is 14.9. The first-order chi connectivity index (χ1) is 13.2. The standard InChI is InChI=1S/C22H20FN3O/c23-17-8-5-10-19-20(17)22(11-3-4-12-22)15-25(19)21(27)16-7-1-2-9-18(16)26-14-6-13-24-26/h1-2,5-10,13-14H,3-4,11-12,15H2. The average Bonchev–Trinajstić information content (AvgIpc) is 3.43. The normalized spacial score (nSPS) is 17.4. The van der Waals surface area contributed by atoms with Gasteiger partial charge in [-0.15, -0.1) is 0 Å². The van der Waals surface area contributed by atoms with Crippen molar-refractivity contribution in [1.29, 1.82) is 0 Å². The van der Waals surface area contributed by atoms with Crippen LogP contribution in [0.2, 0.25) is 0 Å². The Bertz CT molecular complexity index is 1010. The van der Waals surface area contributed by atoms with E-state index in [0.29, 0.717) is 12.1 Å². The van der Waals surface area contributed by atoms with E-state index in [1.54, 1.807) is 21.8 Å². The Morgan fingerprint density at radius 1 is 1.00 bits per heavy atom. The Kier molecular flexibility index (Phi) is 3.64. The third-order valence-electron chi connectivity index (χ3n) is 5.97. The molecule has 5 heteroatoms. The highest BCUT2D eigenvalue weighted by Crippen LogP contribution is 2.51. The molecule has 2 aliphatic rings. The Morgan fingerprint density at radius 2 is 1.78 bits per heavy atom. The van der Waals surface area contributed by atoms with E-state index in [1.165, 1.54) is 6.07 Å². The first-order valence-electron chi connectivity index (χ1n) is 9.40. The van der Waals surface area contributed by atoms with E-state index in [9.17, 15) is 9.18 Å². The molecule has 4 nitrogen and oxygen atoms in total. The Morgan fingerprint density at radius 3 is 2.56 bits per heavy atom. The van der Waals surface area contributed by atoms with E-state index in [1.807, 2.05) is 42.6 Å². The minimum absolute atomic E-state index is 0.100. The van der Waals surface area contributed by atoms with Gasteiger partial charge in [-0.25, -0.2) is 9.07 Å². The fourth-order valence-electron chi connectivity index (χ4n) is 4.78. The maximum atomic E-state index is 14.8. The number of anilines is 1. The number of carbonyl (C=O) groups excluding carboxylic acids is 1. The van der Waals surface area contributed by atoms with Crippen LogP contribution in [0.4, 0.5) is 10.1 Å². The van der Waals surface area contributed by atoms with Gasteiger partial charge in [0.05, 0.1) is 16.9 Å². The summed E-state index contributed by atoms with van der Waals surface area (Å²) in [6, 6.07) is 14.4. The second kappa shape index (κ2) is 6.05. The molecule has 27 heavy (non-hydrogen) atoms. The van der Waals surface area contributed by atoms with Crippen molar-refractivity contribution in [3.8, 4) is 5.69 Å². The van der Waals surface area contributed by atoms with Gasteiger partial charge in [0.25, 0.3) is 5.91 Å². The summed E-state index contributed by atoms with van der Waals surface area (Å²) >= 11 is 0. The first-order valence-corrected chi connectivity index (χ1v) is 9.40. The average molecular weight is 361 g/mol. The second-order valence-corrected chi connectivity index (χ2v) is 7.48. The first kappa shape index (κ1) is 16.2. The van der Waals surface area contributed by atoms with Crippen LogP contribution in [0.1, 0.15) is 41.6 Å². The molecule has 3 aromatic rings. The zero-order chi connectivity index (χ0) is 18.4. The van der Waals surface area contributed by atoms with Crippen molar-refractivity contribution in [2.75, 3.05) is 11.4 Å². The lowest BCUT2D eigenvalue weighted by atomic mass is 9.80. The van der Waals surface area contributed by atoms with Crippen LogP contribution in [0.3, 0.4) is 0 Å². The summed E-state index contributed by atoms with van der Waals surface area (Å²) in [5, 5.41) is 4.27. The molecule has 1 aromatic heterocycles. The molecule has 0 atom stereocenters. The number of nitrogens with zero attached hydrogens (tertiary/aromatic N) is 3. The summed E-state index contributed by atoms with van der Waals surface area (Å²) < 4.78 is 16.5. The summed E-state index contributed by atoms with van der Waals surface area (Å²) in [4.78, 5) is 15.3. The maximum Gasteiger partial charge on any atom is 0.260 e. The number of benzene rings is 2. The van der Waals surface area contributed by atoms with Crippen LogP contribution < -0.4 is 4.90 Å². The number of fused-ring (bicyclic) bond motifs is 2. The van der Waals surface area contributed by atoms with Gasteiger partial charge in [0, 0.05) is 29.9 Å². The topological polar surface area (TPSA) is 38.1 Å². The SMILES string of the molecule is O=C(c1ccccc1-n1cccn1)N1CC2(CCCC2)c2c(F)cccc21. The van der Waals surface area contributed by atoms with E-state index in [0.717, 1.165) is 42.6 Å². The molecule has 1 fully saturated rings. The molecule has 0 radical (unpaired) electrons. The quantitative estimate of drug-likeness (QED) is 0.675. The lowest BCUT2D eigenvalue weighted by molar-refractivity contribution is 0.0984. The van der Waals surface area contributed by atoms with E-state index in [-0.39, 0.29) is 17.1 Å². The molecular weight excluding hydrogens is 341 g/mol. The van der Waals surface area contributed by atoms with Crippen molar-refractivity contribution in [1.82, 2.24) is 9.78 Å². The second-order valence-electron chi connectivity index (χ2n) is 7.48. The van der Waals surface area contributed by atoms with Crippen LogP contribution >= 0.6 is 0 Å². The Labute approximate surface area is 157 Å². The van der Waals surface area contributed by atoms with Gasteiger partial charge in [0.1, 0.15) is 5.82 Å². The number of hydrogen-bond donors (Lipinski definition) is 0. The largest absolute Gasteiger partial charge is 0.307 e. The summed E-state index contributed by atoms with van der Waals surface area (Å²) in [5.74, 6) is -0.290. The minimum atomic E-state index is -0.239. The van der Waals surface area contributed by atoms with Gasteiger partial charge < -0.3 is 4.90 Å². The molecule has 1 spiro atoms. The maximum absolute atomic E-state index is 14.8. The van der Waals surface area contributed by atoms with Crippen molar-refractivity contribution in [2.45, 2.75) is 31.1 Å². The number of rotatable bonds is 2. The highest BCUT2D eigenvalue weighted by atomic mass is 19.1. The van der Waals surface area contributed by atoms with Crippen LogP contribution in [0.25, 0.3) is 5.69 Å². The van der Waals surface area contributed by atoms with Crippen molar-refractivity contribution < 1.29 is 9.18 Å². The fourth-order valence-corrected chi connectivity index (χ4v) is 4.78. The molecule has 5 rings (SSSR count). The van der Waals surface area contributed by atoms with Crippen LogP contribution in [-0.4, -0.2) is 22.2 Å². The monoisotopic (exact) mass is 361 g/mol. The molecule has 0 unspecified atom stereocenters. The molecule has 0 saturated heterocycles. The van der Waals surface area contributed by atoms with Crippen LogP contribution in [-0.2, 0) is 5.41 Å². The van der Waals surface area contributed by atoms with Gasteiger partial charge in [0.15, 0.2) is 0 Å². The van der Waals surface area contributed by atoms with E-state index in [4.69, 9.17) is 0 Å². The number of aromatic nitrogens is 2. The summed E-state index contributed by atoms with van der Waals surface area (Å²) in [7, 11) is 0. The molecule has 0 bridgehead atoms. The molecule has 2 heterocycles. The minimum Gasteiger partial charge on any atom is -0.307 e. The summed E-state index contributed by atoms with van der Waals surface area (Å²) in [5.41, 5.74) is 2.52. The highest BCUT2D eigenvalue weighted by molar-refractivity contribution is 6.10. The number of carbonyl (C=O) groups is 1. The molecule has 136 valence electrons. The molecule has 1 aliphatic heterocycles. The van der Waals surface area contributed by atoms with Gasteiger partial charge in [0.2, 0.25) is 0 Å². The molecule has 1 amide bonds. The fraction of sp³-hybridized carbons (Fsp3) is 0.273. The van der Waals surface area contributed by atoms with Gasteiger partial charge in [-0.05, 0) is 43.2 Å². The number of hydrogen-bond acceptors (Lipinski definition) is 2. The lowest BCUT2D eigenvalue weighted by Crippen LogP contribution is -2.36. The van der Waals surface area contributed by atoms with Gasteiger partial charge >= 0.3 is 0 Å². The van der Waals surface area contributed by atoms with Crippen LogP contribution in [0, 0.1) is 5.82 Å². The van der Waals surface area contributed by atoms with Gasteiger partial charge in [-0.3, -0.25) is 4.79 Å². The molecule has 1 aliphatic carbocycles. The zero-order valence-electron chi connectivity index (χ0n) is 14.9. The van der Waals surface area contributed by atoms with Crippen molar-refractivity contribution >= 4 is 11.6 Å². The van der Waals surface area contributed by atoms with Gasteiger partial charge in [-0.1, -0.05) is 31.0 Å². The van der Waals surface area contributed by atoms with E-state index >= 15 is 0 Å². The van der Waals surface area contributed by atoms with Crippen LogP contribution in [0.15, 0.2) is 60.9 Å². The van der Waals surface area contributed by atoms with Gasteiger partial charge in [-0.2, -0.15) is 5.10 Å². The number of amides is 1. The van der Waals surface area contributed by atoms with Crippen LogP contribution in [0.5, 0.6) is 0 Å². The smallest absolute Gasteiger partial charge is 0.260 e. The van der Waals surface area contributed by atoms with Crippen molar-refractivity contribution in [3.05, 3.63) is 77.9 Å². The Hall–Kier alpha value is -2.95. The molecular formula is C22H20FN3O. The summed E-state index contributed by atoms with van der Waals surface area (Å²) in [6.07, 6.45) is 7.55. The number of para-hydroxylation sites is 1.